The first-order chi connectivity index (χ1) is 8.42. The molecule has 18 heavy (non-hydrogen) atoms. The highest BCUT2D eigenvalue weighted by Crippen LogP contribution is 2.23. The number of nitriles is 1. The van der Waals surface area contributed by atoms with E-state index < -0.39 is 12.6 Å². The van der Waals surface area contributed by atoms with Gasteiger partial charge in [-0.05, 0) is 31.9 Å². The molecule has 0 saturated heterocycles. The van der Waals surface area contributed by atoms with Gasteiger partial charge in [0.2, 0.25) is 0 Å². The van der Waals surface area contributed by atoms with Crippen molar-refractivity contribution in [3.8, 4) is 6.07 Å². The fraction of sp³-hybridized carbons (Fsp3) is 0.462. The zero-order chi connectivity index (χ0) is 13.6. The lowest BCUT2D eigenvalue weighted by atomic mass is 10.1. The van der Waals surface area contributed by atoms with Crippen molar-refractivity contribution in [3.05, 3.63) is 29.8 Å². The van der Waals surface area contributed by atoms with Gasteiger partial charge in [-0.25, -0.2) is 0 Å². The fourth-order valence-electron chi connectivity index (χ4n) is 1.65. The van der Waals surface area contributed by atoms with Gasteiger partial charge in [-0.1, -0.05) is 12.1 Å². The van der Waals surface area contributed by atoms with Crippen LogP contribution in [-0.4, -0.2) is 12.2 Å². The number of hydrogen-bond donors (Lipinski definition) is 1. The van der Waals surface area contributed by atoms with Gasteiger partial charge in [-0.15, -0.1) is 0 Å². The number of halogens is 3. The normalized spacial score (nSPS) is 12.8. The molecule has 0 heterocycles. The van der Waals surface area contributed by atoms with Crippen LogP contribution in [0.2, 0.25) is 0 Å². The number of rotatable bonds is 5. The van der Waals surface area contributed by atoms with E-state index in [1.807, 2.05) is 13.0 Å². The van der Waals surface area contributed by atoms with Crippen molar-refractivity contribution < 1.29 is 13.2 Å². The Morgan fingerprint density at radius 1 is 1.33 bits per heavy atom. The van der Waals surface area contributed by atoms with Gasteiger partial charge in [0.05, 0.1) is 11.3 Å². The summed E-state index contributed by atoms with van der Waals surface area (Å²) in [7, 11) is 0. The van der Waals surface area contributed by atoms with E-state index in [2.05, 4.69) is 5.32 Å². The van der Waals surface area contributed by atoms with Crippen LogP contribution in [0.1, 0.15) is 31.7 Å². The summed E-state index contributed by atoms with van der Waals surface area (Å²) in [4.78, 5) is 0. The van der Waals surface area contributed by atoms with Crippen molar-refractivity contribution >= 4 is 5.69 Å². The molecular formula is C13H15F3N2. The summed E-state index contributed by atoms with van der Waals surface area (Å²) in [6, 6.07) is 8.89. The van der Waals surface area contributed by atoms with Crippen LogP contribution in [-0.2, 0) is 0 Å². The molecule has 1 unspecified atom stereocenters. The van der Waals surface area contributed by atoms with Crippen molar-refractivity contribution in [2.24, 2.45) is 0 Å². The molecule has 2 nitrogen and oxygen atoms in total. The molecule has 0 fully saturated rings. The maximum Gasteiger partial charge on any atom is 0.389 e. The number of hydrogen-bond acceptors (Lipinski definition) is 2. The summed E-state index contributed by atoms with van der Waals surface area (Å²) in [5.41, 5.74) is 1.17. The molecule has 98 valence electrons. The Balaban J connectivity index is 2.45. The SMILES string of the molecule is CC(CCCC(F)(F)F)Nc1ccccc1C#N. The lowest BCUT2D eigenvalue weighted by molar-refractivity contribution is -0.135. The summed E-state index contributed by atoms with van der Waals surface area (Å²) in [5.74, 6) is 0. The molecule has 1 atom stereocenters. The van der Waals surface area contributed by atoms with Crippen LogP contribution in [0, 0.1) is 11.3 Å². The molecule has 1 N–H and O–H groups in total. The van der Waals surface area contributed by atoms with Gasteiger partial charge in [0.15, 0.2) is 0 Å². The molecule has 5 heteroatoms. The third kappa shape index (κ3) is 5.09. The first-order valence-corrected chi connectivity index (χ1v) is 5.75. The second-order valence-corrected chi connectivity index (χ2v) is 4.21. The fourth-order valence-corrected chi connectivity index (χ4v) is 1.65. The number of para-hydroxylation sites is 1. The molecule has 1 aromatic rings. The molecule has 0 spiro atoms. The van der Waals surface area contributed by atoms with Crippen LogP contribution in [0.4, 0.5) is 18.9 Å². The Morgan fingerprint density at radius 2 is 2.00 bits per heavy atom. The van der Waals surface area contributed by atoms with Crippen LogP contribution in [0.5, 0.6) is 0 Å². The third-order valence-corrected chi connectivity index (χ3v) is 2.55. The second kappa shape index (κ2) is 6.29. The van der Waals surface area contributed by atoms with Crippen LogP contribution < -0.4 is 5.32 Å². The first-order valence-electron chi connectivity index (χ1n) is 5.75. The van der Waals surface area contributed by atoms with Gasteiger partial charge in [0.1, 0.15) is 6.07 Å². The van der Waals surface area contributed by atoms with Gasteiger partial charge in [-0.3, -0.25) is 0 Å². The average Bonchev–Trinajstić information content (AvgIpc) is 2.28. The molecule has 0 amide bonds. The Bertz CT molecular complexity index is 421. The molecule has 0 aliphatic rings. The van der Waals surface area contributed by atoms with Gasteiger partial charge < -0.3 is 5.32 Å². The molecule has 0 aliphatic heterocycles. The van der Waals surface area contributed by atoms with Crippen molar-refractivity contribution in [1.29, 1.82) is 5.26 Å². The van der Waals surface area contributed by atoms with Crippen LogP contribution >= 0.6 is 0 Å². The number of alkyl halides is 3. The highest BCUT2D eigenvalue weighted by molar-refractivity contribution is 5.57. The molecular weight excluding hydrogens is 241 g/mol. The lowest BCUT2D eigenvalue weighted by Crippen LogP contribution is -2.17. The van der Waals surface area contributed by atoms with E-state index in [1.54, 1.807) is 24.3 Å². The zero-order valence-electron chi connectivity index (χ0n) is 10.1. The van der Waals surface area contributed by atoms with E-state index in [0.717, 1.165) is 0 Å². The third-order valence-electron chi connectivity index (χ3n) is 2.55. The van der Waals surface area contributed by atoms with Crippen molar-refractivity contribution in [2.75, 3.05) is 5.32 Å². The average molecular weight is 256 g/mol. The van der Waals surface area contributed by atoms with E-state index >= 15 is 0 Å². The van der Waals surface area contributed by atoms with Crippen molar-refractivity contribution in [3.63, 3.8) is 0 Å². The number of nitrogens with one attached hydrogen (secondary N) is 1. The molecule has 1 aromatic carbocycles. The Hall–Kier alpha value is -1.70. The van der Waals surface area contributed by atoms with Crippen LogP contribution in [0.3, 0.4) is 0 Å². The van der Waals surface area contributed by atoms with E-state index in [9.17, 15) is 13.2 Å². The Morgan fingerprint density at radius 3 is 2.61 bits per heavy atom. The number of benzene rings is 1. The van der Waals surface area contributed by atoms with Gasteiger partial charge in [-0.2, -0.15) is 18.4 Å². The molecule has 0 saturated carbocycles. The predicted octanol–water partition coefficient (Wildman–Crippen LogP) is 4.09. The topological polar surface area (TPSA) is 35.8 Å². The molecule has 0 radical (unpaired) electrons. The van der Waals surface area contributed by atoms with E-state index in [4.69, 9.17) is 5.26 Å². The maximum atomic E-state index is 12.0. The summed E-state index contributed by atoms with van der Waals surface area (Å²) in [6.07, 6.45) is -4.35. The first kappa shape index (κ1) is 14.4. The summed E-state index contributed by atoms with van der Waals surface area (Å²) >= 11 is 0. The smallest absolute Gasteiger partial charge is 0.382 e. The largest absolute Gasteiger partial charge is 0.389 e. The minimum Gasteiger partial charge on any atom is -0.382 e. The van der Waals surface area contributed by atoms with Crippen molar-refractivity contribution in [1.82, 2.24) is 0 Å². The number of nitrogens with zero attached hydrogens (tertiary/aromatic N) is 1. The maximum absolute atomic E-state index is 12.0. The minimum absolute atomic E-state index is 0.0897. The van der Waals surface area contributed by atoms with Gasteiger partial charge >= 0.3 is 6.18 Å². The van der Waals surface area contributed by atoms with E-state index in [0.29, 0.717) is 17.7 Å². The lowest BCUT2D eigenvalue weighted by Gasteiger charge is -2.16. The summed E-state index contributed by atoms with van der Waals surface area (Å²) < 4.78 is 36.0. The molecule has 1 rings (SSSR count). The molecule has 0 aliphatic carbocycles. The van der Waals surface area contributed by atoms with E-state index in [1.165, 1.54) is 0 Å². The standard InChI is InChI=1S/C13H15F3N2/c1-10(5-4-8-13(14,15)16)18-12-7-3-2-6-11(12)9-17/h2-3,6-7,10,18H,4-5,8H2,1H3. The highest BCUT2D eigenvalue weighted by Gasteiger charge is 2.26. The number of anilines is 1. The van der Waals surface area contributed by atoms with Crippen LogP contribution in [0.15, 0.2) is 24.3 Å². The van der Waals surface area contributed by atoms with Gasteiger partial charge in [0.25, 0.3) is 0 Å². The Labute approximate surface area is 104 Å². The zero-order valence-corrected chi connectivity index (χ0v) is 10.1. The monoisotopic (exact) mass is 256 g/mol. The van der Waals surface area contributed by atoms with Crippen molar-refractivity contribution in [2.45, 2.75) is 38.4 Å². The highest BCUT2D eigenvalue weighted by atomic mass is 19.4. The molecule has 0 bridgehead atoms. The Kier molecular flexibility index (Phi) is 5.02. The summed E-state index contributed by atoms with van der Waals surface area (Å²) in [5, 5.41) is 11.9. The second-order valence-electron chi connectivity index (χ2n) is 4.21. The van der Waals surface area contributed by atoms with Crippen LogP contribution in [0.25, 0.3) is 0 Å². The molecule has 0 aromatic heterocycles. The predicted molar refractivity (Wildman–Crippen MR) is 64.1 cm³/mol. The minimum atomic E-state index is -4.09. The summed E-state index contributed by atoms with van der Waals surface area (Å²) in [6.45, 7) is 1.81. The quantitative estimate of drug-likeness (QED) is 0.861. The van der Waals surface area contributed by atoms with Gasteiger partial charge in [0, 0.05) is 12.5 Å². The van der Waals surface area contributed by atoms with E-state index in [-0.39, 0.29) is 12.5 Å².